The maximum atomic E-state index is 10.9. The molecule has 0 saturated carbocycles. The first-order chi connectivity index (χ1) is 5.18. The van der Waals surface area contributed by atoms with Crippen LogP contribution in [0.2, 0.25) is 0 Å². The first kappa shape index (κ1) is 10.6. The molecule has 3 nitrogen and oxygen atoms in total. The van der Waals surface area contributed by atoms with Crippen LogP contribution in [0, 0.1) is 0 Å². The van der Waals surface area contributed by atoms with Crippen LogP contribution in [-0.2, 0) is 0 Å². The van der Waals surface area contributed by atoms with Gasteiger partial charge in [0.15, 0.2) is 0 Å². The van der Waals surface area contributed by atoms with E-state index in [0.29, 0.717) is 0 Å². The zero-order chi connectivity index (χ0) is 8.69. The molecule has 0 heterocycles. The Labute approximate surface area is 72.7 Å². The summed E-state index contributed by atoms with van der Waals surface area (Å²) in [6, 6.07) is -0.0360. The van der Waals surface area contributed by atoms with Crippen LogP contribution < -0.4 is 4.72 Å². The van der Waals surface area contributed by atoms with Crippen molar-refractivity contribution in [2.45, 2.75) is 19.8 Å². The summed E-state index contributed by atoms with van der Waals surface area (Å²) in [7, 11) is 3.46. The minimum absolute atomic E-state index is 0.0360. The van der Waals surface area contributed by atoms with Crippen LogP contribution in [0.4, 0.5) is 4.79 Å². The van der Waals surface area contributed by atoms with Crippen molar-refractivity contribution >= 4 is 18.0 Å². The first-order valence-corrected chi connectivity index (χ1v) is 4.76. The summed E-state index contributed by atoms with van der Waals surface area (Å²) in [5, 5.41) is 0. The molecule has 0 aliphatic carbocycles. The number of carbonyl (C=O) groups excluding carboxylic acids is 1. The minimum atomic E-state index is -0.0360. The second-order valence-electron chi connectivity index (χ2n) is 2.50. The Balaban J connectivity index is 3.18. The molecule has 0 aromatic carbocycles. The van der Waals surface area contributed by atoms with Gasteiger partial charge in [-0.3, -0.25) is 4.72 Å². The van der Waals surface area contributed by atoms with Crippen LogP contribution in [0.3, 0.4) is 0 Å². The average molecular weight is 176 g/mol. The molecule has 0 fully saturated rings. The highest BCUT2D eigenvalue weighted by Crippen LogP contribution is 1.99. The quantitative estimate of drug-likeness (QED) is 0.522. The summed E-state index contributed by atoms with van der Waals surface area (Å²) in [4.78, 5) is 12.4. The van der Waals surface area contributed by atoms with Crippen molar-refractivity contribution in [3.8, 4) is 0 Å². The van der Waals surface area contributed by atoms with Crippen LogP contribution in [-0.4, -0.2) is 30.8 Å². The molecule has 0 unspecified atom stereocenters. The molecule has 0 aromatic heterocycles. The van der Waals surface area contributed by atoms with Crippen LogP contribution in [0.1, 0.15) is 19.8 Å². The molecule has 0 atom stereocenters. The Kier molecular flexibility index (Phi) is 6.12. The molecule has 0 radical (unpaired) electrons. The van der Waals surface area contributed by atoms with Gasteiger partial charge in [-0.2, -0.15) is 0 Å². The predicted molar refractivity (Wildman–Crippen MR) is 49.6 cm³/mol. The number of hydrogen-bond donors (Lipinski definition) is 1. The summed E-state index contributed by atoms with van der Waals surface area (Å²) in [5.41, 5.74) is 0. The van der Waals surface area contributed by atoms with E-state index in [1.54, 1.807) is 14.1 Å². The Morgan fingerprint density at radius 2 is 2.18 bits per heavy atom. The lowest BCUT2D eigenvalue weighted by Crippen LogP contribution is -2.30. The predicted octanol–water partition coefficient (Wildman–Crippen LogP) is 1.71. The standard InChI is InChI=1S/C7H16N2OS/c1-4-5-6-11-8-7(10)9(2)3/h4-6H2,1-3H3,(H,8,10). The third-order valence-electron chi connectivity index (χ3n) is 1.17. The van der Waals surface area contributed by atoms with E-state index in [1.807, 2.05) is 0 Å². The number of hydrogen-bond acceptors (Lipinski definition) is 2. The van der Waals surface area contributed by atoms with Crippen molar-refractivity contribution in [2.75, 3.05) is 19.8 Å². The van der Waals surface area contributed by atoms with Crippen LogP contribution in [0.25, 0.3) is 0 Å². The average Bonchev–Trinajstić information content (AvgIpc) is 1.97. The fraction of sp³-hybridized carbons (Fsp3) is 0.857. The fourth-order valence-corrected chi connectivity index (χ4v) is 1.26. The number of rotatable bonds is 4. The Morgan fingerprint density at radius 1 is 1.55 bits per heavy atom. The Bertz CT molecular complexity index is 117. The van der Waals surface area contributed by atoms with Gasteiger partial charge in [0.25, 0.3) is 0 Å². The van der Waals surface area contributed by atoms with Gasteiger partial charge in [0.2, 0.25) is 0 Å². The van der Waals surface area contributed by atoms with E-state index < -0.39 is 0 Å². The number of nitrogens with one attached hydrogen (secondary N) is 1. The topological polar surface area (TPSA) is 32.3 Å². The van der Waals surface area contributed by atoms with Gasteiger partial charge in [0, 0.05) is 19.8 Å². The summed E-state index contributed by atoms with van der Waals surface area (Å²) in [6.07, 6.45) is 2.32. The van der Waals surface area contributed by atoms with Gasteiger partial charge in [-0.15, -0.1) is 0 Å². The van der Waals surface area contributed by atoms with Gasteiger partial charge < -0.3 is 4.90 Å². The van der Waals surface area contributed by atoms with E-state index in [4.69, 9.17) is 0 Å². The van der Waals surface area contributed by atoms with Crippen molar-refractivity contribution in [1.29, 1.82) is 0 Å². The van der Waals surface area contributed by atoms with Gasteiger partial charge in [-0.25, -0.2) is 4.79 Å². The summed E-state index contributed by atoms with van der Waals surface area (Å²) >= 11 is 1.47. The van der Waals surface area contributed by atoms with E-state index in [9.17, 15) is 4.79 Å². The number of urea groups is 1. The molecule has 11 heavy (non-hydrogen) atoms. The molecular formula is C7H16N2OS. The van der Waals surface area contributed by atoms with Gasteiger partial charge in [0.05, 0.1) is 0 Å². The molecular weight excluding hydrogens is 160 g/mol. The SMILES string of the molecule is CCCCSNC(=O)N(C)C. The third kappa shape index (κ3) is 6.04. The van der Waals surface area contributed by atoms with Crippen molar-refractivity contribution in [3.05, 3.63) is 0 Å². The molecule has 0 aliphatic heterocycles. The summed E-state index contributed by atoms with van der Waals surface area (Å²) < 4.78 is 2.72. The molecule has 0 spiro atoms. The Morgan fingerprint density at radius 3 is 2.64 bits per heavy atom. The van der Waals surface area contributed by atoms with Crippen molar-refractivity contribution in [2.24, 2.45) is 0 Å². The molecule has 1 N–H and O–H groups in total. The van der Waals surface area contributed by atoms with Gasteiger partial charge in [-0.1, -0.05) is 13.3 Å². The number of unbranched alkanes of at least 4 members (excludes halogenated alkanes) is 1. The van der Waals surface area contributed by atoms with Crippen LogP contribution in [0.15, 0.2) is 0 Å². The van der Waals surface area contributed by atoms with E-state index in [-0.39, 0.29) is 6.03 Å². The highest BCUT2D eigenvalue weighted by atomic mass is 32.2. The molecule has 0 aromatic rings. The van der Waals surface area contributed by atoms with E-state index in [2.05, 4.69) is 11.6 Å². The number of carbonyl (C=O) groups is 1. The maximum absolute atomic E-state index is 10.9. The lowest BCUT2D eigenvalue weighted by atomic mass is 10.4. The lowest BCUT2D eigenvalue weighted by Gasteiger charge is -2.10. The second-order valence-corrected chi connectivity index (χ2v) is 3.40. The molecule has 0 rings (SSSR count). The third-order valence-corrected chi connectivity index (χ3v) is 1.98. The minimum Gasteiger partial charge on any atom is -0.330 e. The number of amides is 2. The normalized spacial score (nSPS) is 9.36. The summed E-state index contributed by atoms with van der Waals surface area (Å²) in [6.45, 7) is 2.13. The molecule has 0 bridgehead atoms. The first-order valence-electron chi connectivity index (χ1n) is 3.77. The zero-order valence-electron chi connectivity index (χ0n) is 7.39. The highest BCUT2D eigenvalue weighted by molar-refractivity contribution is 7.97. The van der Waals surface area contributed by atoms with Crippen LogP contribution in [0.5, 0.6) is 0 Å². The van der Waals surface area contributed by atoms with Crippen LogP contribution >= 0.6 is 11.9 Å². The van der Waals surface area contributed by atoms with Crippen molar-refractivity contribution in [1.82, 2.24) is 9.62 Å². The lowest BCUT2D eigenvalue weighted by molar-refractivity contribution is 0.224. The van der Waals surface area contributed by atoms with Gasteiger partial charge in [-0.05, 0) is 18.4 Å². The van der Waals surface area contributed by atoms with E-state index in [0.717, 1.165) is 12.2 Å². The van der Waals surface area contributed by atoms with Gasteiger partial charge in [0.1, 0.15) is 0 Å². The molecule has 2 amide bonds. The molecule has 0 aliphatic rings. The maximum Gasteiger partial charge on any atom is 0.326 e. The van der Waals surface area contributed by atoms with Crippen molar-refractivity contribution < 1.29 is 4.79 Å². The van der Waals surface area contributed by atoms with Crippen molar-refractivity contribution in [3.63, 3.8) is 0 Å². The van der Waals surface area contributed by atoms with E-state index in [1.165, 1.54) is 23.3 Å². The molecule has 66 valence electrons. The van der Waals surface area contributed by atoms with Gasteiger partial charge >= 0.3 is 6.03 Å². The number of nitrogens with zero attached hydrogens (tertiary/aromatic N) is 1. The molecule has 0 saturated heterocycles. The fourth-order valence-electron chi connectivity index (χ4n) is 0.421. The Hall–Kier alpha value is -0.380. The highest BCUT2D eigenvalue weighted by Gasteiger charge is 2.00. The van der Waals surface area contributed by atoms with E-state index >= 15 is 0 Å². The summed E-state index contributed by atoms with van der Waals surface area (Å²) in [5.74, 6) is 0.996. The zero-order valence-corrected chi connectivity index (χ0v) is 8.20. The second kappa shape index (κ2) is 6.34. The monoisotopic (exact) mass is 176 g/mol. The largest absolute Gasteiger partial charge is 0.330 e. The smallest absolute Gasteiger partial charge is 0.326 e. The molecule has 4 heteroatoms.